The molecule has 32 heavy (non-hydrogen) atoms. The molecule has 2 aliphatic rings. The number of hydrogen-bond donors (Lipinski definition) is 1. The summed E-state index contributed by atoms with van der Waals surface area (Å²) in [6.45, 7) is 5.99. The SMILES string of the molecule is O=C(CCCN1C(=O)c2ccccc2C1=O)NCCCN1CCN(c2ccccc2)CC1. The number of carbonyl (C=O) groups excluding carboxylic acids is 3. The predicted octanol–water partition coefficient (Wildman–Crippen LogP) is 2.39. The van der Waals surface area contributed by atoms with Gasteiger partial charge in [-0.1, -0.05) is 30.3 Å². The Kier molecular flexibility index (Phi) is 7.17. The minimum atomic E-state index is -0.265. The van der Waals surface area contributed by atoms with Gasteiger partial charge in [-0.05, 0) is 43.7 Å². The number of hydrogen-bond acceptors (Lipinski definition) is 5. The normalized spacial score (nSPS) is 16.4. The van der Waals surface area contributed by atoms with Gasteiger partial charge in [0.1, 0.15) is 0 Å². The van der Waals surface area contributed by atoms with Crippen LogP contribution >= 0.6 is 0 Å². The van der Waals surface area contributed by atoms with Crippen LogP contribution in [0.3, 0.4) is 0 Å². The second-order valence-corrected chi connectivity index (χ2v) is 8.28. The van der Waals surface area contributed by atoms with E-state index in [-0.39, 0.29) is 24.3 Å². The predicted molar refractivity (Wildman–Crippen MR) is 124 cm³/mol. The molecule has 0 spiro atoms. The Labute approximate surface area is 189 Å². The quantitative estimate of drug-likeness (QED) is 0.485. The van der Waals surface area contributed by atoms with E-state index in [4.69, 9.17) is 0 Å². The molecule has 7 nitrogen and oxygen atoms in total. The summed E-state index contributed by atoms with van der Waals surface area (Å²) < 4.78 is 0. The van der Waals surface area contributed by atoms with E-state index in [0.717, 1.165) is 39.1 Å². The first kappa shape index (κ1) is 22.0. The number of nitrogens with zero attached hydrogens (tertiary/aromatic N) is 3. The summed E-state index contributed by atoms with van der Waals surface area (Å²) in [5, 5.41) is 2.96. The lowest BCUT2D eigenvalue weighted by molar-refractivity contribution is -0.121. The third-order valence-corrected chi connectivity index (χ3v) is 6.13. The van der Waals surface area contributed by atoms with E-state index in [1.807, 2.05) is 6.07 Å². The van der Waals surface area contributed by atoms with Crippen LogP contribution < -0.4 is 10.2 Å². The van der Waals surface area contributed by atoms with Crippen molar-refractivity contribution in [3.8, 4) is 0 Å². The van der Waals surface area contributed by atoms with E-state index in [1.165, 1.54) is 10.6 Å². The molecule has 168 valence electrons. The highest BCUT2D eigenvalue weighted by Crippen LogP contribution is 2.22. The monoisotopic (exact) mass is 434 g/mol. The van der Waals surface area contributed by atoms with E-state index in [9.17, 15) is 14.4 Å². The average Bonchev–Trinajstić information content (AvgIpc) is 3.08. The first-order valence-corrected chi connectivity index (χ1v) is 11.4. The molecule has 0 bridgehead atoms. The minimum absolute atomic E-state index is 0.0319. The van der Waals surface area contributed by atoms with E-state index in [1.54, 1.807) is 24.3 Å². The molecule has 0 aromatic heterocycles. The highest BCUT2D eigenvalue weighted by Gasteiger charge is 2.34. The van der Waals surface area contributed by atoms with Crippen molar-refractivity contribution in [2.45, 2.75) is 19.3 Å². The van der Waals surface area contributed by atoms with Crippen molar-refractivity contribution in [2.24, 2.45) is 0 Å². The topological polar surface area (TPSA) is 73.0 Å². The van der Waals surface area contributed by atoms with Crippen LogP contribution in [0.4, 0.5) is 5.69 Å². The third-order valence-electron chi connectivity index (χ3n) is 6.13. The molecule has 0 atom stereocenters. The lowest BCUT2D eigenvalue weighted by atomic mass is 10.1. The molecule has 7 heteroatoms. The Bertz CT molecular complexity index is 920. The molecule has 2 heterocycles. The lowest BCUT2D eigenvalue weighted by Gasteiger charge is -2.36. The zero-order valence-electron chi connectivity index (χ0n) is 18.3. The van der Waals surface area contributed by atoms with Crippen LogP contribution in [0.2, 0.25) is 0 Å². The van der Waals surface area contributed by atoms with Gasteiger partial charge in [0, 0.05) is 51.4 Å². The van der Waals surface area contributed by atoms with Crippen molar-refractivity contribution in [1.82, 2.24) is 15.1 Å². The van der Waals surface area contributed by atoms with Crippen molar-refractivity contribution >= 4 is 23.4 Å². The Morgan fingerprint density at radius 2 is 1.41 bits per heavy atom. The van der Waals surface area contributed by atoms with E-state index in [2.05, 4.69) is 39.4 Å². The van der Waals surface area contributed by atoms with Gasteiger partial charge in [-0.3, -0.25) is 24.2 Å². The average molecular weight is 435 g/mol. The number of para-hydroxylation sites is 1. The summed E-state index contributed by atoms with van der Waals surface area (Å²) in [4.78, 5) is 42.9. The Morgan fingerprint density at radius 1 is 0.781 bits per heavy atom. The summed E-state index contributed by atoms with van der Waals surface area (Å²) >= 11 is 0. The van der Waals surface area contributed by atoms with Crippen molar-refractivity contribution in [2.75, 3.05) is 50.7 Å². The molecule has 1 N–H and O–H groups in total. The molecule has 0 radical (unpaired) electrons. The molecule has 0 aliphatic carbocycles. The van der Waals surface area contributed by atoms with Crippen LogP contribution in [0.25, 0.3) is 0 Å². The van der Waals surface area contributed by atoms with Gasteiger partial charge in [-0.25, -0.2) is 0 Å². The number of fused-ring (bicyclic) bond motifs is 1. The molecule has 0 unspecified atom stereocenters. The zero-order valence-corrected chi connectivity index (χ0v) is 18.3. The van der Waals surface area contributed by atoms with E-state index >= 15 is 0 Å². The molecule has 4 rings (SSSR count). The molecule has 1 saturated heterocycles. The Balaban J connectivity index is 1.08. The largest absolute Gasteiger partial charge is 0.369 e. The summed E-state index contributed by atoms with van der Waals surface area (Å²) in [6.07, 6.45) is 1.69. The number of amides is 3. The van der Waals surface area contributed by atoms with Crippen molar-refractivity contribution < 1.29 is 14.4 Å². The number of carbonyl (C=O) groups is 3. The number of rotatable bonds is 9. The maximum atomic E-state index is 12.3. The maximum Gasteiger partial charge on any atom is 0.261 e. The summed E-state index contributed by atoms with van der Waals surface area (Å²) in [5.74, 6) is -0.563. The number of imide groups is 1. The number of benzene rings is 2. The third kappa shape index (κ3) is 5.16. The first-order chi connectivity index (χ1) is 15.6. The van der Waals surface area contributed by atoms with Gasteiger partial charge in [0.15, 0.2) is 0 Å². The molecule has 2 aromatic rings. The van der Waals surface area contributed by atoms with Crippen LogP contribution in [0.15, 0.2) is 54.6 Å². The first-order valence-electron chi connectivity index (χ1n) is 11.4. The fraction of sp³-hybridized carbons (Fsp3) is 0.400. The van der Waals surface area contributed by atoms with Crippen LogP contribution in [0.5, 0.6) is 0 Å². The van der Waals surface area contributed by atoms with E-state index < -0.39 is 0 Å². The maximum absolute atomic E-state index is 12.3. The zero-order chi connectivity index (χ0) is 22.3. The van der Waals surface area contributed by atoms with Crippen LogP contribution in [0.1, 0.15) is 40.0 Å². The highest BCUT2D eigenvalue weighted by molar-refractivity contribution is 6.21. The van der Waals surface area contributed by atoms with Gasteiger partial charge < -0.3 is 10.2 Å². The van der Waals surface area contributed by atoms with Gasteiger partial charge >= 0.3 is 0 Å². The highest BCUT2D eigenvalue weighted by atomic mass is 16.2. The van der Waals surface area contributed by atoms with Crippen LogP contribution in [-0.4, -0.2) is 73.3 Å². The standard InChI is InChI=1S/C25H30N4O3/c30-23(12-6-15-29-24(31)21-10-4-5-11-22(21)25(29)32)26-13-7-14-27-16-18-28(19-17-27)20-8-2-1-3-9-20/h1-5,8-11H,6-7,12-19H2,(H,26,30). The second kappa shape index (κ2) is 10.4. The number of piperazine rings is 1. The molecule has 1 fully saturated rings. The molecule has 0 saturated carbocycles. The Hall–Kier alpha value is -3.19. The fourth-order valence-electron chi connectivity index (χ4n) is 4.33. The number of nitrogens with one attached hydrogen (secondary N) is 1. The summed E-state index contributed by atoms with van der Waals surface area (Å²) in [7, 11) is 0. The lowest BCUT2D eigenvalue weighted by Crippen LogP contribution is -2.47. The van der Waals surface area contributed by atoms with Gasteiger partial charge in [0.25, 0.3) is 11.8 Å². The molecule has 2 aromatic carbocycles. The molecular formula is C25H30N4O3. The minimum Gasteiger partial charge on any atom is -0.369 e. The van der Waals surface area contributed by atoms with Gasteiger partial charge in [0.05, 0.1) is 11.1 Å². The van der Waals surface area contributed by atoms with Crippen molar-refractivity contribution in [3.05, 3.63) is 65.7 Å². The summed E-state index contributed by atoms with van der Waals surface area (Å²) in [5.41, 5.74) is 2.18. The molecule has 3 amide bonds. The second-order valence-electron chi connectivity index (χ2n) is 8.28. The van der Waals surface area contributed by atoms with Crippen LogP contribution in [0, 0.1) is 0 Å². The molecular weight excluding hydrogens is 404 g/mol. The van der Waals surface area contributed by atoms with Gasteiger partial charge in [-0.15, -0.1) is 0 Å². The van der Waals surface area contributed by atoms with Crippen molar-refractivity contribution in [1.29, 1.82) is 0 Å². The Morgan fingerprint density at radius 3 is 2.06 bits per heavy atom. The number of anilines is 1. The summed E-state index contributed by atoms with van der Waals surface area (Å²) in [6, 6.07) is 17.3. The smallest absolute Gasteiger partial charge is 0.261 e. The molecule has 2 aliphatic heterocycles. The van der Waals surface area contributed by atoms with Gasteiger partial charge in [-0.2, -0.15) is 0 Å². The van der Waals surface area contributed by atoms with E-state index in [0.29, 0.717) is 30.5 Å². The van der Waals surface area contributed by atoms with Gasteiger partial charge in [0.2, 0.25) is 5.91 Å². The fourth-order valence-corrected chi connectivity index (χ4v) is 4.33. The van der Waals surface area contributed by atoms with Crippen LogP contribution in [-0.2, 0) is 4.79 Å². The van der Waals surface area contributed by atoms with Crippen molar-refractivity contribution in [3.63, 3.8) is 0 Å².